The third kappa shape index (κ3) is 11.1. The van der Waals surface area contributed by atoms with Gasteiger partial charge in [0.25, 0.3) is 21.6 Å². The Morgan fingerprint density at radius 1 is 0.963 bits per heavy atom. The van der Waals surface area contributed by atoms with Gasteiger partial charge in [0, 0.05) is 82.5 Å². The molecule has 1 amide bonds. The average molecular weight is 1140 g/mol. The molecule has 6 aromatic rings. The summed E-state index contributed by atoms with van der Waals surface area (Å²) >= 11 is 0. The highest BCUT2D eigenvalue weighted by Crippen LogP contribution is 2.54. The molecule has 6 heterocycles. The number of sulfonamides is 1. The van der Waals surface area contributed by atoms with E-state index in [0.29, 0.717) is 55.7 Å². The number of fused-ring (bicyclic) bond motifs is 3. The number of nitro groups is 1. The van der Waals surface area contributed by atoms with Crippen LogP contribution in [0.25, 0.3) is 11.0 Å². The Balaban J connectivity index is 0.805. The van der Waals surface area contributed by atoms with E-state index in [1.54, 1.807) is 19.2 Å². The fraction of sp³-hybridized carbons (Fsp3) is 0.484. The van der Waals surface area contributed by atoms with Crippen molar-refractivity contribution in [2.75, 3.05) is 74.7 Å². The number of nitrogens with zero attached hydrogens (tertiary/aromatic N) is 6. The number of amides is 1. The first-order chi connectivity index (χ1) is 39.4. The van der Waals surface area contributed by atoms with Gasteiger partial charge in [0.15, 0.2) is 0 Å². The molecule has 2 aromatic heterocycles. The molecule has 4 aromatic carbocycles. The van der Waals surface area contributed by atoms with Gasteiger partial charge in [-0.3, -0.25) is 24.7 Å². The molecule has 0 unspecified atom stereocenters. The van der Waals surface area contributed by atoms with Crippen molar-refractivity contribution in [3.05, 3.63) is 135 Å². The van der Waals surface area contributed by atoms with Crippen molar-refractivity contribution in [2.24, 2.45) is 11.3 Å². The first-order valence-electron chi connectivity index (χ1n) is 29.1. The molecule has 1 spiro atoms. The predicted molar refractivity (Wildman–Crippen MR) is 312 cm³/mol. The van der Waals surface area contributed by atoms with Crippen molar-refractivity contribution in [2.45, 2.75) is 126 Å². The fourth-order valence-electron chi connectivity index (χ4n) is 13.9. The van der Waals surface area contributed by atoms with Crippen LogP contribution in [-0.2, 0) is 21.3 Å². The number of aliphatic hydroxyl groups is 1. The minimum Gasteiger partial charge on any atom is -0.497 e. The summed E-state index contributed by atoms with van der Waals surface area (Å²) in [6.07, 6.45) is 8.06. The Kier molecular flexibility index (Phi) is 15.2. The number of aromatic amines is 1. The Morgan fingerprint density at radius 3 is 2.48 bits per heavy atom. The van der Waals surface area contributed by atoms with Crippen molar-refractivity contribution in [3.8, 4) is 11.6 Å². The number of hydrogen-bond acceptors (Lipinski definition) is 15. The van der Waals surface area contributed by atoms with Crippen LogP contribution in [0, 0.1) is 27.3 Å². The topological polar surface area (TPSA) is 208 Å². The lowest BCUT2D eigenvalue weighted by Gasteiger charge is -2.58. The van der Waals surface area contributed by atoms with E-state index < -0.39 is 55.0 Å². The molecule has 0 radical (unpaired) electrons. The molecular weight excluding hydrogens is 1070 g/mol. The second-order valence-corrected chi connectivity index (χ2v) is 26.0. The number of piperazine rings is 1. The minimum atomic E-state index is -4.69. The first kappa shape index (κ1) is 55.7. The lowest BCUT2D eigenvalue weighted by molar-refractivity contribution is -0.384. The number of anilines is 4. The lowest BCUT2D eigenvalue weighted by Crippen LogP contribution is -2.60. The zero-order valence-corrected chi connectivity index (χ0v) is 47.9. The number of rotatable bonds is 15. The van der Waals surface area contributed by atoms with Gasteiger partial charge in [-0.05, 0) is 147 Å². The normalized spacial score (nSPS) is 24.1. The molecule has 4 N–H and O–H groups in total. The lowest BCUT2D eigenvalue weighted by atomic mass is 9.59. The molecule has 20 heteroatoms. The summed E-state index contributed by atoms with van der Waals surface area (Å²) in [5.41, 5.74) is 5.17. The van der Waals surface area contributed by atoms with Gasteiger partial charge in [-0.1, -0.05) is 50.2 Å². The maximum Gasteiger partial charge on any atom is 0.293 e. The SMILES string of the molecule is COc1ccc(CN2CCN(C3CC4(CCN(c5ccc(C(=O)NS(=O)(=O)c6ccc(NC[C@H]7CC[C@](C)(O)CC7)c([N+](=O)[O-])c6)c(N6c7cc8c(F)c[nH]c8nc7O[C@H]7COCC[C@@H]76)c5)CC4)C3)[C@H](c3ccccc3C(C)C)C2)cc1. The zero-order valence-electron chi connectivity index (χ0n) is 47.1. The number of halogens is 1. The van der Waals surface area contributed by atoms with Gasteiger partial charge in [-0.2, -0.15) is 4.98 Å². The standard InChI is InChI=1S/C62H74FN9O9S/c1-39(2)46-7-5-6-8-47(46)56-37-68(36-41-9-12-44(79-4)13-10-41)26-27-70(56)43-32-62(33-43)22-24-69(25-23-62)42-11-15-48(53(29-42)71-52-19-28-80-38-57(52)81-60-55(71)31-49-50(63)35-65-58(49)66-60)59(73)67-82(77,78)45-14-16-51(54(30-45)72(75)76)64-34-40-17-20-61(3,74)21-18-40/h5-16,29-31,35,39-40,43,52,56-57,64,74H,17-28,32-34,36-38H2,1-4H3,(H,65,66)(H,67,73)/t40-,52-,56-,57-,61-/m0/s1. The number of aromatic nitrogens is 2. The van der Waals surface area contributed by atoms with Crippen LogP contribution in [0.1, 0.15) is 118 Å². The Bertz CT molecular complexity index is 3460. The van der Waals surface area contributed by atoms with Gasteiger partial charge in [0.1, 0.15) is 34.7 Å². The number of carbonyl (C=O) groups is 1. The van der Waals surface area contributed by atoms with Crippen molar-refractivity contribution in [1.82, 2.24) is 24.5 Å². The van der Waals surface area contributed by atoms with Crippen LogP contribution in [0.15, 0.2) is 102 Å². The number of nitrogens with one attached hydrogen (secondary N) is 3. The van der Waals surface area contributed by atoms with Crippen LogP contribution in [0.2, 0.25) is 0 Å². The van der Waals surface area contributed by atoms with Crippen molar-refractivity contribution >= 4 is 55.4 Å². The van der Waals surface area contributed by atoms with E-state index in [4.69, 9.17) is 19.2 Å². The molecule has 2 aliphatic carbocycles. The highest BCUT2D eigenvalue weighted by molar-refractivity contribution is 7.90. The third-order valence-corrected chi connectivity index (χ3v) is 20.0. The second kappa shape index (κ2) is 22.4. The molecule has 0 bridgehead atoms. The number of nitro benzene ring substituents is 1. The highest BCUT2D eigenvalue weighted by atomic mass is 32.2. The van der Waals surface area contributed by atoms with Gasteiger partial charge in [-0.25, -0.2) is 17.5 Å². The molecule has 3 saturated heterocycles. The third-order valence-electron chi connectivity index (χ3n) is 18.7. The maximum atomic E-state index is 15.4. The zero-order chi connectivity index (χ0) is 57.1. The van der Waals surface area contributed by atoms with Crippen molar-refractivity contribution in [1.29, 1.82) is 0 Å². The summed E-state index contributed by atoms with van der Waals surface area (Å²) in [5.74, 6) is 0.162. The number of hydrogen-bond donors (Lipinski definition) is 4. The Labute approximate surface area is 478 Å². The highest BCUT2D eigenvalue weighted by Gasteiger charge is 2.50. The van der Waals surface area contributed by atoms with Crippen LogP contribution < -0.4 is 29.3 Å². The van der Waals surface area contributed by atoms with Gasteiger partial charge in [0.2, 0.25) is 5.88 Å². The van der Waals surface area contributed by atoms with E-state index in [0.717, 1.165) is 95.3 Å². The molecular formula is C62H74FN9O9S. The number of pyridine rings is 1. The summed E-state index contributed by atoms with van der Waals surface area (Å²) in [5, 5.41) is 26.2. The molecule has 3 atom stereocenters. The second-order valence-electron chi connectivity index (χ2n) is 24.4. The number of carbonyl (C=O) groups excluding carboxylic acids is 1. The Morgan fingerprint density at radius 2 is 1.73 bits per heavy atom. The monoisotopic (exact) mass is 1140 g/mol. The smallest absolute Gasteiger partial charge is 0.293 e. The number of ether oxygens (including phenoxy) is 3. The average Bonchev–Trinajstić information content (AvgIpc) is 3.74. The summed E-state index contributed by atoms with van der Waals surface area (Å²) in [6.45, 7) is 12.7. The van der Waals surface area contributed by atoms with Crippen molar-refractivity contribution in [3.63, 3.8) is 0 Å². The van der Waals surface area contributed by atoms with E-state index in [1.165, 1.54) is 35.0 Å². The molecule has 82 heavy (non-hydrogen) atoms. The number of piperidine rings is 1. The summed E-state index contributed by atoms with van der Waals surface area (Å²) in [6, 6.07) is 28.3. The number of benzene rings is 4. The van der Waals surface area contributed by atoms with E-state index in [-0.39, 0.29) is 52.1 Å². The minimum absolute atomic E-state index is 0.0207. The van der Waals surface area contributed by atoms with E-state index in [2.05, 4.69) is 80.0 Å². The van der Waals surface area contributed by atoms with Gasteiger partial charge in [-0.15, -0.1) is 0 Å². The van der Waals surface area contributed by atoms with Gasteiger partial charge < -0.3 is 39.4 Å². The molecule has 18 nitrogen and oxygen atoms in total. The summed E-state index contributed by atoms with van der Waals surface area (Å²) in [4.78, 5) is 43.4. The van der Waals surface area contributed by atoms with Crippen LogP contribution in [-0.4, -0.2) is 128 Å². The van der Waals surface area contributed by atoms with Crippen LogP contribution in [0.5, 0.6) is 11.6 Å². The molecule has 6 aliphatic rings. The van der Waals surface area contributed by atoms with E-state index in [9.17, 15) is 28.4 Å². The van der Waals surface area contributed by atoms with E-state index in [1.807, 2.05) is 36.1 Å². The summed E-state index contributed by atoms with van der Waals surface area (Å²) < 4.78 is 64.0. The van der Waals surface area contributed by atoms with Crippen molar-refractivity contribution < 1.29 is 41.8 Å². The van der Waals surface area contributed by atoms with Crippen LogP contribution in [0.4, 0.5) is 32.8 Å². The maximum absolute atomic E-state index is 15.4. The largest absolute Gasteiger partial charge is 0.497 e. The first-order valence-corrected chi connectivity index (χ1v) is 30.5. The molecule has 4 aliphatic heterocycles. The molecule has 2 saturated carbocycles. The van der Waals surface area contributed by atoms with Gasteiger partial charge in [0.05, 0.1) is 51.8 Å². The number of methoxy groups -OCH3 is 1. The fourth-order valence-corrected chi connectivity index (χ4v) is 14.9. The molecule has 12 rings (SSSR count). The predicted octanol–water partition coefficient (Wildman–Crippen LogP) is 10.2. The van der Waals surface area contributed by atoms with E-state index >= 15 is 4.39 Å². The van der Waals surface area contributed by atoms with Gasteiger partial charge >= 0.3 is 0 Å². The number of H-pyrrole nitrogens is 1. The van der Waals surface area contributed by atoms with Crippen LogP contribution in [0.3, 0.4) is 0 Å². The quantitative estimate of drug-likeness (QED) is 0.0557. The summed E-state index contributed by atoms with van der Waals surface area (Å²) in [7, 11) is -3.00. The Hall–Kier alpha value is -6.84. The molecule has 5 fully saturated rings. The van der Waals surface area contributed by atoms with Crippen LogP contribution >= 0.6 is 0 Å². The molecule has 434 valence electrons.